The van der Waals surface area contributed by atoms with Gasteiger partial charge in [0.05, 0.1) is 22.9 Å². The summed E-state index contributed by atoms with van der Waals surface area (Å²) >= 11 is 3.37. The first-order chi connectivity index (χ1) is 13.6. The fourth-order valence-corrected chi connectivity index (χ4v) is 3.65. The molecule has 29 heavy (non-hydrogen) atoms. The molecule has 7 heteroatoms. The molecule has 1 N–H and O–H groups in total. The molecule has 1 heterocycles. The van der Waals surface area contributed by atoms with E-state index in [1.165, 1.54) is 16.7 Å². The fourth-order valence-electron chi connectivity index (χ4n) is 3.38. The van der Waals surface area contributed by atoms with Gasteiger partial charge >= 0.3 is 6.18 Å². The smallest absolute Gasteiger partial charge is 0.345 e. The predicted octanol–water partition coefficient (Wildman–Crippen LogP) is 6.37. The maximum Gasteiger partial charge on any atom is 0.418 e. The van der Waals surface area contributed by atoms with E-state index in [0.29, 0.717) is 17.0 Å². The second-order valence-corrected chi connectivity index (χ2v) is 7.80. The number of rotatable bonds is 4. The van der Waals surface area contributed by atoms with Crippen LogP contribution in [0.2, 0.25) is 0 Å². The molecule has 2 aromatic carbocycles. The van der Waals surface area contributed by atoms with Gasteiger partial charge < -0.3 is 9.88 Å². The lowest BCUT2D eigenvalue weighted by molar-refractivity contribution is -0.137. The second-order valence-electron chi connectivity index (χ2n) is 6.88. The first-order valence-corrected chi connectivity index (χ1v) is 9.80. The van der Waals surface area contributed by atoms with Crippen molar-refractivity contribution in [3.05, 3.63) is 87.1 Å². The molecular weight excluding hydrogens is 445 g/mol. The molecule has 1 atom stereocenters. The van der Waals surface area contributed by atoms with E-state index in [4.69, 9.17) is 0 Å². The van der Waals surface area contributed by atoms with Crippen LogP contribution >= 0.6 is 15.9 Å². The third-order valence-corrected chi connectivity index (χ3v) is 5.37. The van der Waals surface area contributed by atoms with Crippen molar-refractivity contribution in [2.45, 2.75) is 33.0 Å². The van der Waals surface area contributed by atoms with Crippen molar-refractivity contribution < 1.29 is 18.0 Å². The van der Waals surface area contributed by atoms with E-state index in [0.717, 1.165) is 16.1 Å². The van der Waals surface area contributed by atoms with Crippen LogP contribution in [0.4, 0.5) is 13.2 Å². The van der Waals surface area contributed by atoms with Gasteiger partial charge in [0, 0.05) is 15.9 Å². The molecule has 0 spiro atoms. The van der Waals surface area contributed by atoms with E-state index >= 15 is 0 Å². The van der Waals surface area contributed by atoms with Gasteiger partial charge in [0.2, 0.25) is 0 Å². The van der Waals surface area contributed by atoms with Crippen LogP contribution in [0.3, 0.4) is 0 Å². The van der Waals surface area contributed by atoms with Crippen LogP contribution in [-0.4, -0.2) is 10.5 Å². The number of aromatic nitrogens is 1. The molecule has 0 saturated carbocycles. The average molecular weight is 465 g/mol. The highest BCUT2D eigenvalue weighted by Gasteiger charge is 2.34. The van der Waals surface area contributed by atoms with Gasteiger partial charge in [0.15, 0.2) is 0 Å². The average Bonchev–Trinajstić information content (AvgIpc) is 2.95. The summed E-state index contributed by atoms with van der Waals surface area (Å²) in [6.45, 7) is 5.20. The summed E-state index contributed by atoms with van der Waals surface area (Å²) in [4.78, 5) is 12.8. The van der Waals surface area contributed by atoms with Crippen LogP contribution in [0.25, 0.3) is 5.69 Å². The number of amides is 1. The fraction of sp³-hybridized carbons (Fsp3) is 0.227. The Balaban J connectivity index is 1.94. The topological polar surface area (TPSA) is 34.0 Å². The highest BCUT2D eigenvalue weighted by Crippen LogP contribution is 2.35. The summed E-state index contributed by atoms with van der Waals surface area (Å²) in [5.74, 6) is -0.329. The SMILES string of the molecule is Cc1cc(C(=O)NC(C)c2ccc(Br)cc2)c(C)n1-c1ccccc1C(F)(F)F. The summed E-state index contributed by atoms with van der Waals surface area (Å²) in [6.07, 6.45) is -4.49. The number of carbonyl (C=O) groups excluding carboxylic acids is 1. The van der Waals surface area contributed by atoms with Gasteiger partial charge in [-0.1, -0.05) is 40.2 Å². The number of benzene rings is 2. The van der Waals surface area contributed by atoms with Gasteiger partial charge in [-0.25, -0.2) is 0 Å². The predicted molar refractivity (Wildman–Crippen MR) is 110 cm³/mol. The Morgan fingerprint density at radius 2 is 1.69 bits per heavy atom. The van der Waals surface area contributed by atoms with Gasteiger partial charge in [0.25, 0.3) is 5.91 Å². The van der Waals surface area contributed by atoms with Crippen LogP contribution in [0.5, 0.6) is 0 Å². The van der Waals surface area contributed by atoms with Gasteiger partial charge in [-0.15, -0.1) is 0 Å². The molecule has 1 unspecified atom stereocenters. The first-order valence-electron chi connectivity index (χ1n) is 9.01. The molecule has 0 radical (unpaired) electrons. The summed E-state index contributed by atoms with van der Waals surface area (Å²) in [6, 6.07) is 14.3. The minimum absolute atomic E-state index is 0.00927. The molecule has 0 aliphatic carbocycles. The van der Waals surface area contributed by atoms with Gasteiger partial charge in [-0.05, 0) is 56.7 Å². The Bertz CT molecular complexity index is 1040. The third-order valence-electron chi connectivity index (χ3n) is 4.84. The van der Waals surface area contributed by atoms with E-state index in [-0.39, 0.29) is 17.6 Å². The minimum atomic E-state index is -4.49. The van der Waals surface area contributed by atoms with E-state index < -0.39 is 11.7 Å². The Kier molecular flexibility index (Phi) is 5.89. The quantitative estimate of drug-likeness (QED) is 0.478. The second kappa shape index (κ2) is 8.06. The van der Waals surface area contributed by atoms with Crippen molar-refractivity contribution in [2.24, 2.45) is 0 Å². The number of alkyl halides is 3. The van der Waals surface area contributed by atoms with E-state index in [1.54, 1.807) is 26.0 Å². The molecule has 3 rings (SSSR count). The minimum Gasteiger partial charge on any atom is -0.345 e. The number of hydrogen-bond acceptors (Lipinski definition) is 1. The van der Waals surface area contributed by atoms with E-state index in [1.807, 2.05) is 31.2 Å². The van der Waals surface area contributed by atoms with Gasteiger partial charge in [0.1, 0.15) is 0 Å². The molecule has 0 aliphatic rings. The maximum absolute atomic E-state index is 13.5. The highest BCUT2D eigenvalue weighted by atomic mass is 79.9. The Hall–Kier alpha value is -2.54. The van der Waals surface area contributed by atoms with E-state index in [2.05, 4.69) is 21.2 Å². The summed E-state index contributed by atoms with van der Waals surface area (Å²) in [7, 11) is 0. The summed E-state index contributed by atoms with van der Waals surface area (Å²) < 4.78 is 42.8. The molecule has 3 nitrogen and oxygen atoms in total. The Morgan fingerprint density at radius 3 is 2.31 bits per heavy atom. The Labute approximate surface area is 175 Å². The zero-order chi connectivity index (χ0) is 21.3. The van der Waals surface area contributed by atoms with Crippen molar-refractivity contribution in [1.82, 2.24) is 9.88 Å². The van der Waals surface area contributed by atoms with E-state index in [9.17, 15) is 18.0 Å². The zero-order valence-electron chi connectivity index (χ0n) is 16.1. The maximum atomic E-state index is 13.5. The van der Waals surface area contributed by atoms with Crippen LogP contribution in [0, 0.1) is 13.8 Å². The highest BCUT2D eigenvalue weighted by molar-refractivity contribution is 9.10. The van der Waals surface area contributed by atoms with Gasteiger partial charge in [-0.3, -0.25) is 4.79 Å². The van der Waals surface area contributed by atoms with Crippen molar-refractivity contribution in [3.63, 3.8) is 0 Å². The molecule has 0 aliphatic heterocycles. The molecule has 3 aromatic rings. The number of nitrogens with one attached hydrogen (secondary N) is 1. The largest absolute Gasteiger partial charge is 0.418 e. The molecule has 0 saturated heterocycles. The van der Waals surface area contributed by atoms with Crippen molar-refractivity contribution in [3.8, 4) is 5.69 Å². The number of halogens is 4. The number of aryl methyl sites for hydroxylation is 1. The first kappa shape index (κ1) is 21.2. The third kappa shape index (κ3) is 4.40. The van der Waals surface area contributed by atoms with Crippen molar-refractivity contribution >= 4 is 21.8 Å². The molecule has 0 bridgehead atoms. The molecule has 1 amide bonds. The Morgan fingerprint density at radius 1 is 1.07 bits per heavy atom. The summed E-state index contributed by atoms with van der Waals surface area (Å²) in [5, 5.41) is 2.92. The van der Waals surface area contributed by atoms with Crippen LogP contribution in [-0.2, 0) is 6.18 Å². The van der Waals surface area contributed by atoms with Crippen LogP contribution in [0.1, 0.15) is 45.8 Å². The molecule has 0 fully saturated rings. The van der Waals surface area contributed by atoms with Crippen molar-refractivity contribution in [2.75, 3.05) is 0 Å². The normalized spacial score (nSPS) is 12.7. The number of nitrogens with zero attached hydrogens (tertiary/aromatic N) is 1. The van der Waals surface area contributed by atoms with Crippen molar-refractivity contribution in [1.29, 1.82) is 0 Å². The molecular formula is C22H20BrF3N2O. The standard InChI is InChI=1S/C22H20BrF3N2O/c1-13-12-18(21(29)27-14(2)16-8-10-17(23)11-9-16)15(3)28(13)20-7-5-4-6-19(20)22(24,25)26/h4-12,14H,1-3H3,(H,27,29). The zero-order valence-corrected chi connectivity index (χ0v) is 17.7. The number of carbonyl (C=O) groups is 1. The molecule has 152 valence electrons. The monoisotopic (exact) mass is 464 g/mol. The van der Waals surface area contributed by atoms with Crippen LogP contribution < -0.4 is 5.32 Å². The lowest BCUT2D eigenvalue weighted by atomic mass is 10.1. The summed E-state index contributed by atoms with van der Waals surface area (Å²) in [5.41, 5.74) is 1.56. The van der Waals surface area contributed by atoms with Gasteiger partial charge in [-0.2, -0.15) is 13.2 Å². The number of para-hydroxylation sites is 1. The van der Waals surface area contributed by atoms with Crippen LogP contribution in [0.15, 0.2) is 59.1 Å². The number of hydrogen-bond donors (Lipinski definition) is 1. The lowest BCUT2D eigenvalue weighted by Gasteiger charge is -2.17. The molecule has 1 aromatic heterocycles. The lowest BCUT2D eigenvalue weighted by Crippen LogP contribution is -2.27.